The number of benzene rings is 1. The second kappa shape index (κ2) is 5.95. The van der Waals surface area contributed by atoms with Gasteiger partial charge in [-0.1, -0.05) is 6.07 Å². The van der Waals surface area contributed by atoms with Crippen LogP contribution in [0.4, 0.5) is 18.9 Å². The molecule has 0 saturated carbocycles. The fourth-order valence-electron chi connectivity index (χ4n) is 1.97. The number of rotatable bonds is 4. The van der Waals surface area contributed by atoms with E-state index in [1.54, 1.807) is 12.1 Å². The zero-order valence-corrected chi connectivity index (χ0v) is 13.5. The van der Waals surface area contributed by atoms with Crippen LogP contribution in [-0.2, 0) is 16.2 Å². The fraction of sp³-hybridized carbons (Fsp3) is 0.0714. The van der Waals surface area contributed by atoms with E-state index in [-0.39, 0.29) is 9.90 Å². The van der Waals surface area contributed by atoms with Gasteiger partial charge in [0.1, 0.15) is 4.21 Å². The Hall–Kier alpha value is -2.33. The molecule has 3 rings (SSSR count). The van der Waals surface area contributed by atoms with Crippen molar-refractivity contribution >= 4 is 27.0 Å². The van der Waals surface area contributed by atoms with E-state index in [0.29, 0.717) is 10.6 Å². The Balaban J connectivity index is 1.87. The molecule has 0 amide bonds. The summed E-state index contributed by atoms with van der Waals surface area (Å²) < 4.78 is 64.9. The first-order valence-corrected chi connectivity index (χ1v) is 8.85. The first kappa shape index (κ1) is 16.5. The van der Waals surface area contributed by atoms with Crippen molar-refractivity contribution in [1.82, 2.24) is 10.2 Å². The Kier molecular flexibility index (Phi) is 4.10. The van der Waals surface area contributed by atoms with E-state index in [0.717, 1.165) is 29.5 Å². The largest absolute Gasteiger partial charge is 0.416 e. The standard InChI is InChI=1S/C14H10F3N3O2S2/c15-14(16,17)9-2-1-3-10(8-9)20-24(21,22)13-5-4-12(23-13)11-6-7-18-19-11/h1-8,20H,(H,18,19). The summed E-state index contributed by atoms with van der Waals surface area (Å²) >= 11 is 0.983. The normalized spacial score (nSPS) is 12.3. The van der Waals surface area contributed by atoms with Gasteiger partial charge in [-0.05, 0) is 36.4 Å². The summed E-state index contributed by atoms with van der Waals surface area (Å²) in [6, 6.07) is 8.69. The Bertz CT molecular complexity index is 948. The molecule has 0 atom stereocenters. The second-order valence-electron chi connectivity index (χ2n) is 4.77. The first-order chi connectivity index (χ1) is 11.3. The molecular formula is C14H10F3N3O2S2. The highest BCUT2D eigenvalue weighted by Gasteiger charge is 2.30. The first-order valence-electron chi connectivity index (χ1n) is 6.55. The number of nitrogens with one attached hydrogen (secondary N) is 2. The highest BCUT2D eigenvalue weighted by atomic mass is 32.2. The van der Waals surface area contributed by atoms with Gasteiger partial charge in [0.05, 0.1) is 16.1 Å². The molecule has 2 aromatic heterocycles. The van der Waals surface area contributed by atoms with Gasteiger partial charge >= 0.3 is 6.18 Å². The number of alkyl halides is 3. The van der Waals surface area contributed by atoms with Crippen LogP contribution in [0.25, 0.3) is 10.6 Å². The SMILES string of the molecule is O=S(=O)(Nc1cccc(C(F)(F)F)c1)c1ccc(-c2ccn[nH]2)s1. The summed E-state index contributed by atoms with van der Waals surface area (Å²) in [5, 5.41) is 6.49. The van der Waals surface area contributed by atoms with Gasteiger partial charge < -0.3 is 0 Å². The minimum absolute atomic E-state index is 0.00971. The maximum absolute atomic E-state index is 12.7. The van der Waals surface area contributed by atoms with Crippen LogP contribution in [0.2, 0.25) is 0 Å². The van der Waals surface area contributed by atoms with Gasteiger partial charge in [-0.3, -0.25) is 9.82 Å². The molecular weight excluding hydrogens is 363 g/mol. The molecule has 0 unspecified atom stereocenters. The van der Waals surface area contributed by atoms with Gasteiger partial charge in [0.25, 0.3) is 10.0 Å². The average Bonchev–Trinajstić information content (AvgIpc) is 3.17. The molecule has 0 aliphatic carbocycles. The van der Waals surface area contributed by atoms with Crippen molar-refractivity contribution < 1.29 is 21.6 Å². The Labute approximate surface area is 139 Å². The third kappa shape index (κ3) is 3.44. The molecule has 1 aromatic carbocycles. The van der Waals surface area contributed by atoms with Crippen molar-refractivity contribution in [2.45, 2.75) is 10.4 Å². The van der Waals surface area contributed by atoms with E-state index in [1.807, 2.05) is 0 Å². The van der Waals surface area contributed by atoms with Gasteiger partial charge in [-0.15, -0.1) is 11.3 Å². The zero-order valence-electron chi connectivity index (χ0n) is 11.8. The molecule has 0 aliphatic rings. The van der Waals surface area contributed by atoms with Crippen LogP contribution in [0.3, 0.4) is 0 Å². The lowest BCUT2D eigenvalue weighted by molar-refractivity contribution is -0.137. The molecule has 3 aromatic rings. The van der Waals surface area contributed by atoms with Crippen molar-refractivity contribution in [3.05, 3.63) is 54.2 Å². The molecule has 0 fully saturated rings. The van der Waals surface area contributed by atoms with Crippen molar-refractivity contribution in [2.75, 3.05) is 4.72 Å². The molecule has 24 heavy (non-hydrogen) atoms. The topological polar surface area (TPSA) is 74.8 Å². The van der Waals surface area contributed by atoms with Crippen molar-refractivity contribution in [3.63, 3.8) is 0 Å². The molecule has 0 saturated heterocycles. The lowest BCUT2D eigenvalue weighted by atomic mass is 10.2. The van der Waals surface area contributed by atoms with E-state index in [4.69, 9.17) is 0 Å². The molecule has 0 radical (unpaired) electrons. The highest BCUT2D eigenvalue weighted by molar-refractivity contribution is 7.94. The average molecular weight is 373 g/mol. The molecule has 0 aliphatic heterocycles. The summed E-state index contributed by atoms with van der Waals surface area (Å²) in [6.45, 7) is 0. The second-order valence-corrected chi connectivity index (χ2v) is 7.77. The van der Waals surface area contributed by atoms with E-state index in [9.17, 15) is 21.6 Å². The number of hydrogen-bond acceptors (Lipinski definition) is 4. The summed E-state index contributed by atoms with van der Waals surface area (Å²) in [6.07, 6.45) is -3.01. The Morgan fingerprint density at radius 1 is 1.12 bits per heavy atom. The lowest BCUT2D eigenvalue weighted by Crippen LogP contribution is -2.12. The van der Waals surface area contributed by atoms with Crippen LogP contribution in [0.15, 0.2) is 52.9 Å². The summed E-state index contributed by atoms with van der Waals surface area (Å²) in [5.74, 6) is 0. The minimum Gasteiger partial charge on any atom is -0.279 e. The Morgan fingerprint density at radius 2 is 1.92 bits per heavy atom. The maximum Gasteiger partial charge on any atom is 0.416 e. The smallest absolute Gasteiger partial charge is 0.279 e. The van der Waals surface area contributed by atoms with Gasteiger partial charge in [0, 0.05) is 11.9 Å². The number of aromatic nitrogens is 2. The van der Waals surface area contributed by atoms with E-state index in [1.165, 1.54) is 18.3 Å². The van der Waals surface area contributed by atoms with Crippen molar-refractivity contribution in [2.24, 2.45) is 0 Å². The molecule has 0 bridgehead atoms. The van der Waals surface area contributed by atoms with Crippen LogP contribution in [0.5, 0.6) is 0 Å². The summed E-state index contributed by atoms with van der Waals surface area (Å²) in [5.41, 5.74) is -0.422. The van der Waals surface area contributed by atoms with E-state index < -0.39 is 21.8 Å². The van der Waals surface area contributed by atoms with E-state index in [2.05, 4.69) is 14.9 Å². The third-order valence-electron chi connectivity index (χ3n) is 3.05. The highest BCUT2D eigenvalue weighted by Crippen LogP contribution is 2.33. The van der Waals surface area contributed by atoms with Crippen molar-refractivity contribution in [3.8, 4) is 10.6 Å². The number of sulfonamides is 1. The predicted molar refractivity (Wildman–Crippen MR) is 84.2 cm³/mol. The van der Waals surface area contributed by atoms with Crippen LogP contribution in [0.1, 0.15) is 5.56 Å². The summed E-state index contributed by atoms with van der Waals surface area (Å²) in [7, 11) is -3.98. The van der Waals surface area contributed by atoms with Crippen LogP contribution in [0, 0.1) is 0 Å². The fourth-order valence-corrected chi connectivity index (χ4v) is 4.30. The molecule has 0 spiro atoms. The summed E-state index contributed by atoms with van der Waals surface area (Å²) in [4.78, 5) is 0.650. The van der Waals surface area contributed by atoms with Crippen LogP contribution < -0.4 is 4.72 Å². The van der Waals surface area contributed by atoms with Crippen molar-refractivity contribution in [1.29, 1.82) is 0 Å². The van der Waals surface area contributed by atoms with Gasteiger partial charge in [0.15, 0.2) is 0 Å². The third-order valence-corrected chi connectivity index (χ3v) is 6.05. The molecule has 2 heterocycles. The number of anilines is 1. The number of nitrogens with zero attached hydrogens (tertiary/aromatic N) is 1. The minimum atomic E-state index is -4.54. The van der Waals surface area contributed by atoms with Crippen LogP contribution >= 0.6 is 11.3 Å². The van der Waals surface area contributed by atoms with Gasteiger partial charge in [0.2, 0.25) is 0 Å². The zero-order chi connectivity index (χ0) is 17.4. The lowest BCUT2D eigenvalue weighted by Gasteiger charge is -2.10. The number of halogens is 3. The van der Waals surface area contributed by atoms with Gasteiger partial charge in [-0.25, -0.2) is 8.42 Å². The molecule has 10 heteroatoms. The number of aromatic amines is 1. The monoisotopic (exact) mass is 373 g/mol. The molecule has 2 N–H and O–H groups in total. The molecule has 5 nitrogen and oxygen atoms in total. The number of hydrogen-bond donors (Lipinski definition) is 2. The number of H-pyrrole nitrogens is 1. The van der Waals surface area contributed by atoms with Gasteiger partial charge in [-0.2, -0.15) is 18.3 Å². The molecule has 126 valence electrons. The van der Waals surface area contributed by atoms with Crippen LogP contribution in [-0.4, -0.2) is 18.6 Å². The van der Waals surface area contributed by atoms with E-state index >= 15 is 0 Å². The number of thiophene rings is 1. The quantitative estimate of drug-likeness (QED) is 0.727. The Morgan fingerprint density at radius 3 is 2.58 bits per heavy atom. The maximum atomic E-state index is 12.7. The predicted octanol–water partition coefficient (Wildman–Crippen LogP) is 3.96.